The number of likely N-dealkylation sites (N-methyl/N-ethyl adjacent to an activating group) is 1. The van der Waals surface area contributed by atoms with Crippen molar-refractivity contribution in [3.63, 3.8) is 0 Å². The molecule has 92 valence electrons. The second kappa shape index (κ2) is 5.82. The molecule has 2 rings (SSSR count). The van der Waals surface area contributed by atoms with Gasteiger partial charge in [-0.15, -0.1) is 0 Å². The summed E-state index contributed by atoms with van der Waals surface area (Å²) in [5.41, 5.74) is 0. The van der Waals surface area contributed by atoms with Gasteiger partial charge in [0.15, 0.2) is 5.11 Å². The molecule has 1 saturated carbocycles. The zero-order chi connectivity index (χ0) is 11.4. The summed E-state index contributed by atoms with van der Waals surface area (Å²) in [5.74, 6) is 0. The van der Waals surface area contributed by atoms with Gasteiger partial charge < -0.3 is 15.1 Å². The van der Waals surface area contributed by atoms with Gasteiger partial charge in [-0.1, -0.05) is 19.3 Å². The zero-order valence-corrected chi connectivity index (χ0v) is 11.1. The SMILES string of the molecule is C[NH+]1CCN(C(=S)NC2CCCCC2)CC1. The Kier molecular flexibility index (Phi) is 4.41. The molecule has 3 nitrogen and oxygen atoms in total. The molecule has 16 heavy (non-hydrogen) atoms. The number of thiocarbonyl (C=S) groups is 1. The molecule has 1 aliphatic heterocycles. The third-order valence-electron chi connectivity index (χ3n) is 3.84. The Balaban J connectivity index is 1.74. The summed E-state index contributed by atoms with van der Waals surface area (Å²) in [6.45, 7) is 4.66. The minimum Gasteiger partial charge on any atom is -0.360 e. The van der Waals surface area contributed by atoms with Crippen LogP contribution in [-0.2, 0) is 0 Å². The summed E-state index contributed by atoms with van der Waals surface area (Å²) in [7, 11) is 2.26. The van der Waals surface area contributed by atoms with Gasteiger partial charge in [0, 0.05) is 6.04 Å². The molecule has 0 aromatic heterocycles. The number of hydrogen-bond acceptors (Lipinski definition) is 1. The molecule has 0 radical (unpaired) electrons. The lowest BCUT2D eigenvalue weighted by atomic mass is 9.96. The van der Waals surface area contributed by atoms with Gasteiger partial charge in [-0.2, -0.15) is 0 Å². The van der Waals surface area contributed by atoms with E-state index in [1.165, 1.54) is 45.2 Å². The second-order valence-corrected chi connectivity index (χ2v) is 5.62. The molecule has 2 aliphatic rings. The molecule has 1 heterocycles. The molecule has 0 unspecified atom stereocenters. The van der Waals surface area contributed by atoms with Crippen LogP contribution in [0, 0.1) is 0 Å². The van der Waals surface area contributed by atoms with E-state index in [9.17, 15) is 0 Å². The molecule has 0 amide bonds. The van der Waals surface area contributed by atoms with Gasteiger partial charge in [0.25, 0.3) is 0 Å². The van der Waals surface area contributed by atoms with Crippen molar-refractivity contribution in [1.82, 2.24) is 10.2 Å². The van der Waals surface area contributed by atoms with Crippen LogP contribution in [0.5, 0.6) is 0 Å². The lowest BCUT2D eigenvalue weighted by Crippen LogP contribution is -3.12. The van der Waals surface area contributed by atoms with E-state index in [2.05, 4.69) is 17.3 Å². The van der Waals surface area contributed by atoms with Crippen LogP contribution >= 0.6 is 12.2 Å². The molecule has 0 atom stereocenters. The Hall–Kier alpha value is -0.350. The summed E-state index contributed by atoms with van der Waals surface area (Å²) in [6.07, 6.45) is 6.75. The highest BCUT2D eigenvalue weighted by atomic mass is 32.1. The predicted molar refractivity (Wildman–Crippen MR) is 70.8 cm³/mol. The van der Waals surface area contributed by atoms with Crippen molar-refractivity contribution in [3.8, 4) is 0 Å². The van der Waals surface area contributed by atoms with E-state index in [-0.39, 0.29) is 0 Å². The highest BCUT2D eigenvalue weighted by Crippen LogP contribution is 2.17. The molecular weight excluding hydrogens is 218 g/mol. The van der Waals surface area contributed by atoms with Crippen LogP contribution in [0.25, 0.3) is 0 Å². The van der Waals surface area contributed by atoms with Gasteiger partial charge >= 0.3 is 0 Å². The van der Waals surface area contributed by atoms with Gasteiger partial charge in [0.1, 0.15) is 0 Å². The molecule has 1 aliphatic carbocycles. The van der Waals surface area contributed by atoms with Gasteiger partial charge in [-0.05, 0) is 25.1 Å². The topological polar surface area (TPSA) is 19.7 Å². The molecule has 1 saturated heterocycles. The monoisotopic (exact) mass is 242 g/mol. The lowest BCUT2D eigenvalue weighted by molar-refractivity contribution is -0.883. The fourth-order valence-electron chi connectivity index (χ4n) is 2.60. The van der Waals surface area contributed by atoms with Crippen LogP contribution in [0.3, 0.4) is 0 Å². The van der Waals surface area contributed by atoms with Crippen molar-refractivity contribution in [2.24, 2.45) is 0 Å². The van der Waals surface area contributed by atoms with E-state index in [1.54, 1.807) is 4.90 Å². The quantitative estimate of drug-likeness (QED) is 0.633. The number of hydrogen-bond donors (Lipinski definition) is 2. The van der Waals surface area contributed by atoms with E-state index < -0.39 is 0 Å². The van der Waals surface area contributed by atoms with E-state index in [4.69, 9.17) is 12.2 Å². The van der Waals surface area contributed by atoms with Gasteiger partial charge in [-0.3, -0.25) is 0 Å². The molecule has 4 heteroatoms. The normalized spacial score (nSPS) is 24.4. The van der Waals surface area contributed by atoms with Crippen LogP contribution in [0.2, 0.25) is 0 Å². The molecular formula is C12H24N3S+. The maximum Gasteiger partial charge on any atom is 0.169 e. The molecule has 2 N–H and O–H groups in total. The standard InChI is InChI=1S/C12H23N3S/c1-14-7-9-15(10-8-14)12(16)13-11-5-3-2-4-6-11/h11H,2-10H2,1H3,(H,13,16)/p+1. The van der Waals surface area contributed by atoms with Crippen LogP contribution in [0.4, 0.5) is 0 Å². The van der Waals surface area contributed by atoms with E-state index in [0.29, 0.717) is 6.04 Å². The smallest absolute Gasteiger partial charge is 0.169 e. The third-order valence-corrected chi connectivity index (χ3v) is 4.21. The summed E-state index contributed by atoms with van der Waals surface area (Å²) in [6, 6.07) is 0.647. The molecule has 0 aromatic carbocycles. The average Bonchev–Trinajstić information content (AvgIpc) is 2.31. The van der Waals surface area contributed by atoms with E-state index in [1.807, 2.05) is 0 Å². The first-order valence-electron chi connectivity index (χ1n) is 6.62. The van der Waals surface area contributed by atoms with Crippen molar-refractivity contribution in [2.75, 3.05) is 33.2 Å². The average molecular weight is 242 g/mol. The summed E-state index contributed by atoms with van der Waals surface area (Å²) >= 11 is 5.50. The summed E-state index contributed by atoms with van der Waals surface area (Å²) in [5, 5.41) is 4.55. The Morgan fingerprint density at radius 3 is 2.44 bits per heavy atom. The van der Waals surface area contributed by atoms with Crippen LogP contribution in [0.1, 0.15) is 32.1 Å². The summed E-state index contributed by atoms with van der Waals surface area (Å²) in [4.78, 5) is 3.97. The van der Waals surface area contributed by atoms with Gasteiger partial charge in [0.05, 0.1) is 33.2 Å². The fourth-order valence-corrected chi connectivity index (χ4v) is 2.95. The molecule has 2 fully saturated rings. The minimum absolute atomic E-state index is 0.647. The molecule has 0 bridgehead atoms. The zero-order valence-electron chi connectivity index (χ0n) is 10.3. The highest BCUT2D eigenvalue weighted by Gasteiger charge is 2.21. The van der Waals surface area contributed by atoms with Crippen LogP contribution in [0.15, 0.2) is 0 Å². The molecule has 0 aromatic rings. The van der Waals surface area contributed by atoms with Crippen molar-refractivity contribution >= 4 is 17.3 Å². The number of piperazine rings is 1. The Morgan fingerprint density at radius 2 is 1.81 bits per heavy atom. The van der Waals surface area contributed by atoms with Crippen molar-refractivity contribution in [2.45, 2.75) is 38.1 Å². The second-order valence-electron chi connectivity index (χ2n) is 5.23. The van der Waals surface area contributed by atoms with Crippen molar-refractivity contribution in [3.05, 3.63) is 0 Å². The largest absolute Gasteiger partial charge is 0.360 e. The lowest BCUT2D eigenvalue weighted by Gasteiger charge is -2.34. The highest BCUT2D eigenvalue weighted by molar-refractivity contribution is 7.80. The molecule has 0 spiro atoms. The maximum absolute atomic E-state index is 5.50. The first kappa shape index (κ1) is 12.1. The van der Waals surface area contributed by atoms with Crippen molar-refractivity contribution in [1.29, 1.82) is 0 Å². The predicted octanol–water partition coefficient (Wildman–Crippen LogP) is 0.0239. The first-order valence-corrected chi connectivity index (χ1v) is 7.03. The van der Waals surface area contributed by atoms with Crippen molar-refractivity contribution < 1.29 is 4.90 Å². The number of rotatable bonds is 1. The third kappa shape index (κ3) is 3.32. The Labute approximate surface area is 104 Å². The van der Waals surface area contributed by atoms with Gasteiger partial charge in [-0.25, -0.2) is 0 Å². The Bertz CT molecular complexity index is 230. The minimum atomic E-state index is 0.647. The Morgan fingerprint density at radius 1 is 1.19 bits per heavy atom. The van der Waals surface area contributed by atoms with E-state index >= 15 is 0 Å². The number of nitrogens with one attached hydrogen (secondary N) is 2. The number of quaternary nitrogens is 1. The van der Waals surface area contributed by atoms with Crippen LogP contribution in [-0.4, -0.2) is 49.3 Å². The fraction of sp³-hybridized carbons (Fsp3) is 0.917. The van der Waals surface area contributed by atoms with Crippen LogP contribution < -0.4 is 10.2 Å². The first-order chi connectivity index (χ1) is 7.75. The van der Waals surface area contributed by atoms with E-state index in [0.717, 1.165) is 18.2 Å². The number of nitrogens with zero attached hydrogens (tertiary/aromatic N) is 1. The van der Waals surface area contributed by atoms with Gasteiger partial charge in [0.2, 0.25) is 0 Å². The summed E-state index contributed by atoms with van der Waals surface area (Å²) < 4.78 is 0. The maximum atomic E-state index is 5.50.